The molecule has 2 amide bonds. The summed E-state index contributed by atoms with van der Waals surface area (Å²) in [5.41, 5.74) is 3.41. The Morgan fingerprint density at radius 1 is 1.22 bits per heavy atom. The summed E-state index contributed by atoms with van der Waals surface area (Å²) in [5, 5.41) is 7.76. The van der Waals surface area contributed by atoms with Gasteiger partial charge in [-0.3, -0.25) is 14.3 Å². The number of amides is 2. The van der Waals surface area contributed by atoms with E-state index < -0.39 is 0 Å². The fraction of sp³-hybridized carbons (Fsp3) is 0.421. The summed E-state index contributed by atoms with van der Waals surface area (Å²) >= 11 is 12.1. The topological polar surface area (TPSA) is 67.2 Å². The predicted octanol–water partition coefficient (Wildman–Crippen LogP) is 3.76. The summed E-state index contributed by atoms with van der Waals surface area (Å²) in [6, 6.07) is 4.99. The Balaban J connectivity index is 1.97. The minimum Gasteiger partial charge on any atom is -0.334 e. The van der Waals surface area contributed by atoms with Crippen molar-refractivity contribution in [2.45, 2.75) is 33.6 Å². The third-order valence-electron chi connectivity index (χ3n) is 4.54. The number of aromatic nitrogens is 2. The van der Waals surface area contributed by atoms with E-state index in [1.54, 1.807) is 18.2 Å². The van der Waals surface area contributed by atoms with Crippen LogP contribution in [0.4, 0.5) is 5.69 Å². The molecular formula is C19H24Cl2N4O2. The average Bonchev–Trinajstić information content (AvgIpc) is 2.86. The number of aryl methyl sites for hydroxylation is 2. The molecule has 0 fully saturated rings. The molecule has 146 valence electrons. The number of carbonyl (C=O) groups excluding carboxylic acids is 2. The lowest BCUT2D eigenvalue weighted by atomic mass is 10.1. The van der Waals surface area contributed by atoms with Crippen molar-refractivity contribution in [1.82, 2.24) is 14.7 Å². The lowest BCUT2D eigenvalue weighted by Gasteiger charge is -2.21. The van der Waals surface area contributed by atoms with Crippen LogP contribution in [0.3, 0.4) is 0 Å². The highest BCUT2D eigenvalue weighted by Gasteiger charge is 2.19. The summed E-state index contributed by atoms with van der Waals surface area (Å²) < 4.78 is 1.81. The van der Waals surface area contributed by atoms with Gasteiger partial charge in [0.2, 0.25) is 11.8 Å². The molecule has 0 spiro atoms. The molecule has 0 radical (unpaired) electrons. The van der Waals surface area contributed by atoms with Crippen molar-refractivity contribution in [2.75, 3.05) is 18.4 Å². The maximum absolute atomic E-state index is 12.6. The van der Waals surface area contributed by atoms with Gasteiger partial charge < -0.3 is 10.2 Å². The molecule has 0 aliphatic carbocycles. The predicted molar refractivity (Wildman–Crippen MR) is 108 cm³/mol. The maximum Gasteiger partial charge on any atom is 0.244 e. The van der Waals surface area contributed by atoms with E-state index in [2.05, 4.69) is 10.4 Å². The molecule has 0 atom stereocenters. The molecular weight excluding hydrogens is 387 g/mol. The van der Waals surface area contributed by atoms with Gasteiger partial charge in [0.1, 0.15) is 0 Å². The molecule has 8 heteroatoms. The summed E-state index contributed by atoms with van der Waals surface area (Å²) in [7, 11) is 1.89. The van der Waals surface area contributed by atoms with Crippen molar-refractivity contribution in [3.63, 3.8) is 0 Å². The molecule has 0 saturated carbocycles. The van der Waals surface area contributed by atoms with Gasteiger partial charge in [0.25, 0.3) is 0 Å². The van der Waals surface area contributed by atoms with E-state index in [4.69, 9.17) is 23.2 Å². The van der Waals surface area contributed by atoms with Gasteiger partial charge in [-0.1, -0.05) is 29.3 Å². The van der Waals surface area contributed by atoms with Crippen LogP contribution in [0.15, 0.2) is 18.2 Å². The smallest absolute Gasteiger partial charge is 0.244 e. The van der Waals surface area contributed by atoms with Crippen LogP contribution in [0.2, 0.25) is 10.0 Å². The Morgan fingerprint density at radius 2 is 1.85 bits per heavy atom. The molecule has 0 saturated heterocycles. The molecule has 2 rings (SSSR count). The fourth-order valence-corrected chi connectivity index (χ4v) is 3.41. The van der Waals surface area contributed by atoms with Gasteiger partial charge in [0, 0.05) is 25.7 Å². The van der Waals surface area contributed by atoms with Crippen molar-refractivity contribution < 1.29 is 9.59 Å². The molecule has 1 aromatic heterocycles. The second kappa shape index (κ2) is 9.24. The first-order valence-electron chi connectivity index (χ1n) is 8.75. The summed E-state index contributed by atoms with van der Waals surface area (Å²) in [5.74, 6) is -0.422. The molecule has 1 N–H and O–H groups in total. The standard InChI is InChI=1S/C19H24Cl2N4O2/c1-5-25(11-17(26)22-19-15(20)7-6-8-16(19)21)18(27)10-9-14-12(2)23-24(4)13(14)3/h6-8H,5,9-11H2,1-4H3,(H,22,26). The monoisotopic (exact) mass is 410 g/mol. The Morgan fingerprint density at radius 3 is 2.37 bits per heavy atom. The Bertz CT molecular complexity index is 828. The van der Waals surface area contributed by atoms with E-state index in [-0.39, 0.29) is 18.4 Å². The highest BCUT2D eigenvalue weighted by atomic mass is 35.5. The Labute approximate surface area is 169 Å². The highest BCUT2D eigenvalue weighted by Crippen LogP contribution is 2.29. The lowest BCUT2D eigenvalue weighted by molar-refractivity contribution is -0.134. The first kappa shape index (κ1) is 21.3. The molecule has 1 heterocycles. The summed E-state index contributed by atoms with van der Waals surface area (Å²) in [4.78, 5) is 26.4. The van der Waals surface area contributed by atoms with Gasteiger partial charge in [-0.15, -0.1) is 0 Å². The fourth-order valence-electron chi connectivity index (χ4n) is 2.92. The number of anilines is 1. The second-order valence-electron chi connectivity index (χ2n) is 6.33. The van der Waals surface area contributed by atoms with Crippen molar-refractivity contribution in [1.29, 1.82) is 0 Å². The number of hydrogen-bond acceptors (Lipinski definition) is 3. The minimum atomic E-state index is -0.339. The first-order valence-corrected chi connectivity index (χ1v) is 9.50. The number of nitrogens with zero attached hydrogens (tertiary/aromatic N) is 3. The number of halogens is 2. The van der Waals surface area contributed by atoms with Crippen molar-refractivity contribution in [3.05, 3.63) is 45.2 Å². The van der Waals surface area contributed by atoms with Crippen LogP contribution in [0.1, 0.15) is 30.3 Å². The molecule has 0 aliphatic rings. The number of benzene rings is 1. The third-order valence-corrected chi connectivity index (χ3v) is 5.17. The SMILES string of the molecule is CCN(CC(=O)Nc1c(Cl)cccc1Cl)C(=O)CCc1c(C)nn(C)c1C. The Hall–Kier alpha value is -2.05. The normalized spacial score (nSPS) is 10.7. The number of rotatable bonds is 7. The van der Waals surface area contributed by atoms with Crippen molar-refractivity contribution >= 4 is 40.7 Å². The minimum absolute atomic E-state index is 0.0537. The van der Waals surface area contributed by atoms with Crippen LogP contribution in [0, 0.1) is 13.8 Å². The van der Waals surface area contributed by atoms with E-state index >= 15 is 0 Å². The van der Waals surface area contributed by atoms with Gasteiger partial charge in [0.15, 0.2) is 0 Å². The molecule has 0 unspecified atom stereocenters. The molecule has 0 aliphatic heterocycles. The Kier molecular flexibility index (Phi) is 7.27. The molecule has 27 heavy (non-hydrogen) atoms. The van der Waals surface area contributed by atoms with Crippen molar-refractivity contribution in [2.24, 2.45) is 7.05 Å². The van der Waals surface area contributed by atoms with Gasteiger partial charge in [-0.2, -0.15) is 5.10 Å². The lowest BCUT2D eigenvalue weighted by Crippen LogP contribution is -2.38. The quantitative estimate of drug-likeness (QED) is 0.755. The van der Waals surface area contributed by atoms with Crippen LogP contribution in [0.5, 0.6) is 0 Å². The van der Waals surface area contributed by atoms with E-state index in [1.807, 2.05) is 32.5 Å². The summed E-state index contributed by atoms with van der Waals surface area (Å²) in [6.07, 6.45) is 0.917. The van der Waals surface area contributed by atoms with Crippen LogP contribution in [-0.2, 0) is 23.1 Å². The average molecular weight is 411 g/mol. The van der Waals surface area contributed by atoms with E-state index in [0.29, 0.717) is 35.1 Å². The van der Waals surface area contributed by atoms with Crippen LogP contribution >= 0.6 is 23.2 Å². The first-order chi connectivity index (χ1) is 12.7. The maximum atomic E-state index is 12.6. The second-order valence-corrected chi connectivity index (χ2v) is 7.14. The van der Waals surface area contributed by atoms with E-state index in [9.17, 15) is 9.59 Å². The highest BCUT2D eigenvalue weighted by molar-refractivity contribution is 6.39. The number of para-hydroxylation sites is 1. The van der Waals surface area contributed by atoms with Crippen molar-refractivity contribution in [3.8, 4) is 0 Å². The largest absolute Gasteiger partial charge is 0.334 e. The zero-order valence-corrected chi connectivity index (χ0v) is 17.5. The number of likely N-dealkylation sites (N-methyl/N-ethyl adjacent to an activating group) is 1. The molecule has 6 nitrogen and oxygen atoms in total. The van der Waals surface area contributed by atoms with Gasteiger partial charge in [0.05, 0.1) is 28.0 Å². The van der Waals surface area contributed by atoms with E-state index in [1.165, 1.54) is 4.90 Å². The zero-order chi connectivity index (χ0) is 20.1. The van der Waals surface area contributed by atoms with Gasteiger partial charge >= 0.3 is 0 Å². The molecule has 1 aromatic carbocycles. The number of nitrogens with one attached hydrogen (secondary N) is 1. The summed E-state index contributed by atoms with van der Waals surface area (Å²) in [6.45, 7) is 6.15. The van der Waals surface area contributed by atoms with Crippen LogP contribution < -0.4 is 5.32 Å². The van der Waals surface area contributed by atoms with Gasteiger partial charge in [-0.05, 0) is 44.9 Å². The van der Waals surface area contributed by atoms with Crippen LogP contribution in [0.25, 0.3) is 0 Å². The molecule has 2 aromatic rings. The number of carbonyl (C=O) groups is 2. The number of hydrogen-bond donors (Lipinski definition) is 1. The zero-order valence-electron chi connectivity index (χ0n) is 16.0. The van der Waals surface area contributed by atoms with E-state index in [0.717, 1.165) is 17.0 Å². The molecule has 0 bridgehead atoms. The third kappa shape index (κ3) is 5.23. The van der Waals surface area contributed by atoms with Crippen LogP contribution in [-0.4, -0.2) is 39.6 Å². The van der Waals surface area contributed by atoms with Gasteiger partial charge in [-0.25, -0.2) is 0 Å².